The van der Waals surface area contributed by atoms with Crippen LogP contribution < -0.4 is 9.80 Å². The molecule has 114 valence electrons. The lowest BCUT2D eigenvalue weighted by molar-refractivity contribution is 0.387. The highest BCUT2D eigenvalue weighted by Crippen LogP contribution is 2.34. The summed E-state index contributed by atoms with van der Waals surface area (Å²) < 4.78 is 0.915. The average Bonchev–Trinajstić information content (AvgIpc) is 2.99. The molecule has 2 aliphatic heterocycles. The van der Waals surface area contributed by atoms with E-state index in [1.165, 1.54) is 12.8 Å². The second-order valence-corrected chi connectivity index (χ2v) is 6.73. The number of hydrogen-bond acceptors (Lipinski definition) is 6. The largest absolute Gasteiger partial charge is 0.354 e. The molecule has 22 heavy (non-hydrogen) atoms. The molecule has 6 nitrogen and oxygen atoms in total. The summed E-state index contributed by atoms with van der Waals surface area (Å²) in [6, 6.07) is 2.44. The molecule has 0 saturated carbocycles. The van der Waals surface area contributed by atoms with Crippen LogP contribution in [-0.2, 0) is 0 Å². The standard InChI is InChI=1S/C15H17BrN6/c16-12-7-18-15(19-8-12)22-6-3-11-2-5-21(9-13(11)22)14-1-4-17-10-20-14/h1,4,7-8,10-11,13H,2-3,5-6,9H2. The second kappa shape index (κ2) is 5.79. The summed E-state index contributed by atoms with van der Waals surface area (Å²) in [7, 11) is 0. The van der Waals surface area contributed by atoms with Gasteiger partial charge in [0.25, 0.3) is 0 Å². The summed E-state index contributed by atoms with van der Waals surface area (Å²) in [5.41, 5.74) is 0. The summed E-state index contributed by atoms with van der Waals surface area (Å²) in [6.45, 7) is 3.07. The minimum atomic E-state index is 0.463. The van der Waals surface area contributed by atoms with E-state index in [9.17, 15) is 0 Å². The molecule has 2 aromatic rings. The second-order valence-electron chi connectivity index (χ2n) is 5.81. The zero-order valence-electron chi connectivity index (χ0n) is 12.1. The van der Waals surface area contributed by atoms with Crippen LogP contribution in [0.3, 0.4) is 0 Å². The van der Waals surface area contributed by atoms with Crippen molar-refractivity contribution < 1.29 is 0 Å². The average molecular weight is 361 g/mol. The van der Waals surface area contributed by atoms with Crippen LogP contribution >= 0.6 is 15.9 Å². The molecule has 2 atom stereocenters. The maximum absolute atomic E-state index is 4.47. The Labute approximate surface area is 137 Å². The molecule has 2 saturated heterocycles. The van der Waals surface area contributed by atoms with E-state index in [2.05, 4.69) is 45.7 Å². The zero-order valence-corrected chi connectivity index (χ0v) is 13.7. The van der Waals surface area contributed by atoms with E-state index < -0.39 is 0 Å². The SMILES string of the molecule is Brc1cnc(N2CCC3CCN(c4ccncn4)CC32)nc1. The summed E-state index contributed by atoms with van der Waals surface area (Å²) in [5.74, 6) is 2.57. The van der Waals surface area contributed by atoms with Crippen LogP contribution in [0, 0.1) is 5.92 Å². The summed E-state index contributed by atoms with van der Waals surface area (Å²) in [5, 5.41) is 0. The lowest BCUT2D eigenvalue weighted by atomic mass is 9.92. The highest BCUT2D eigenvalue weighted by molar-refractivity contribution is 9.10. The van der Waals surface area contributed by atoms with Gasteiger partial charge in [-0.25, -0.2) is 19.9 Å². The van der Waals surface area contributed by atoms with Crippen molar-refractivity contribution in [2.75, 3.05) is 29.4 Å². The van der Waals surface area contributed by atoms with Gasteiger partial charge in [0.1, 0.15) is 12.1 Å². The molecule has 0 spiro atoms. The molecule has 2 aromatic heterocycles. The third kappa shape index (κ3) is 2.54. The Morgan fingerprint density at radius 3 is 2.68 bits per heavy atom. The molecule has 2 aliphatic rings. The van der Waals surface area contributed by atoms with E-state index in [4.69, 9.17) is 0 Å². The van der Waals surface area contributed by atoms with Crippen LogP contribution in [0.5, 0.6) is 0 Å². The zero-order chi connectivity index (χ0) is 14.9. The molecular weight excluding hydrogens is 344 g/mol. The van der Waals surface area contributed by atoms with Crippen molar-refractivity contribution in [3.63, 3.8) is 0 Å². The number of aromatic nitrogens is 4. The van der Waals surface area contributed by atoms with E-state index in [1.807, 2.05) is 18.5 Å². The minimum Gasteiger partial charge on any atom is -0.354 e. The van der Waals surface area contributed by atoms with Crippen molar-refractivity contribution >= 4 is 27.7 Å². The van der Waals surface area contributed by atoms with Gasteiger partial charge in [0, 0.05) is 38.2 Å². The predicted octanol–water partition coefficient (Wildman–Crippen LogP) is 2.13. The Balaban J connectivity index is 1.56. The Morgan fingerprint density at radius 2 is 1.91 bits per heavy atom. The maximum Gasteiger partial charge on any atom is 0.225 e. The van der Waals surface area contributed by atoms with E-state index in [0.29, 0.717) is 6.04 Å². The van der Waals surface area contributed by atoms with Crippen LogP contribution in [-0.4, -0.2) is 45.6 Å². The quantitative estimate of drug-likeness (QED) is 0.817. The van der Waals surface area contributed by atoms with Gasteiger partial charge >= 0.3 is 0 Å². The fourth-order valence-electron chi connectivity index (χ4n) is 3.52. The van der Waals surface area contributed by atoms with Crippen molar-refractivity contribution in [2.24, 2.45) is 5.92 Å². The van der Waals surface area contributed by atoms with Gasteiger partial charge in [-0.15, -0.1) is 0 Å². The molecule has 0 N–H and O–H groups in total. The van der Waals surface area contributed by atoms with Gasteiger partial charge in [-0.1, -0.05) is 0 Å². The van der Waals surface area contributed by atoms with Gasteiger partial charge < -0.3 is 9.80 Å². The predicted molar refractivity (Wildman–Crippen MR) is 87.8 cm³/mol. The van der Waals surface area contributed by atoms with Crippen molar-refractivity contribution in [3.8, 4) is 0 Å². The number of nitrogens with zero attached hydrogens (tertiary/aromatic N) is 6. The Kier molecular flexibility index (Phi) is 3.65. The van der Waals surface area contributed by atoms with Gasteiger partial charge in [0.15, 0.2) is 0 Å². The lowest BCUT2D eigenvalue weighted by Gasteiger charge is -2.38. The van der Waals surface area contributed by atoms with E-state index in [-0.39, 0.29) is 0 Å². The first-order chi connectivity index (χ1) is 10.8. The van der Waals surface area contributed by atoms with Crippen molar-refractivity contribution in [3.05, 3.63) is 35.5 Å². The summed E-state index contributed by atoms with van der Waals surface area (Å²) in [4.78, 5) is 22.0. The molecule has 7 heteroatoms. The number of anilines is 2. The molecule has 2 fully saturated rings. The van der Waals surface area contributed by atoms with Crippen molar-refractivity contribution in [1.82, 2.24) is 19.9 Å². The Hall–Kier alpha value is -1.76. The number of halogens is 1. The van der Waals surface area contributed by atoms with E-state index in [1.54, 1.807) is 12.5 Å². The molecule has 2 unspecified atom stereocenters. The highest BCUT2D eigenvalue weighted by Gasteiger charge is 2.39. The summed E-state index contributed by atoms with van der Waals surface area (Å²) >= 11 is 3.40. The topological polar surface area (TPSA) is 58.0 Å². The fourth-order valence-corrected chi connectivity index (χ4v) is 3.73. The van der Waals surface area contributed by atoms with Crippen LogP contribution in [0.1, 0.15) is 12.8 Å². The van der Waals surface area contributed by atoms with Crippen molar-refractivity contribution in [1.29, 1.82) is 0 Å². The third-order valence-electron chi connectivity index (χ3n) is 4.62. The molecule has 0 aromatic carbocycles. The lowest BCUT2D eigenvalue weighted by Crippen LogP contribution is -2.49. The third-order valence-corrected chi connectivity index (χ3v) is 5.03. The molecule has 0 bridgehead atoms. The molecule has 0 amide bonds. The first kappa shape index (κ1) is 13.9. The number of piperidine rings is 1. The minimum absolute atomic E-state index is 0.463. The summed E-state index contributed by atoms with van der Waals surface area (Å²) in [6.07, 6.45) is 9.48. The Bertz CT molecular complexity index is 634. The molecule has 0 radical (unpaired) electrons. The van der Waals surface area contributed by atoms with Gasteiger partial charge in [-0.3, -0.25) is 0 Å². The first-order valence-electron chi connectivity index (χ1n) is 7.56. The normalized spacial score (nSPS) is 24.4. The number of hydrogen-bond donors (Lipinski definition) is 0. The Morgan fingerprint density at radius 1 is 1.09 bits per heavy atom. The first-order valence-corrected chi connectivity index (χ1v) is 8.36. The van der Waals surface area contributed by atoms with Crippen LogP contribution in [0.25, 0.3) is 0 Å². The maximum atomic E-state index is 4.47. The van der Waals surface area contributed by atoms with Gasteiger partial charge in [0.2, 0.25) is 5.95 Å². The van der Waals surface area contributed by atoms with Gasteiger partial charge in [-0.05, 0) is 40.8 Å². The van der Waals surface area contributed by atoms with Crippen molar-refractivity contribution in [2.45, 2.75) is 18.9 Å². The van der Waals surface area contributed by atoms with Crippen LogP contribution in [0.4, 0.5) is 11.8 Å². The number of rotatable bonds is 2. The monoisotopic (exact) mass is 360 g/mol. The molecule has 0 aliphatic carbocycles. The number of fused-ring (bicyclic) bond motifs is 1. The molecule has 4 rings (SSSR count). The fraction of sp³-hybridized carbons (Fsp3) is 0.467. The smallest absolute Gasteiger partial charge is 0.225 e. The molecule has 4 heterocycles. The van der Waals surface area contributed by atoms with Crippen LogP contribution in [0.15, 0.2) is 35.5 Å². The van der Waals surface area contributed by atoms with Gasteiger partial charge in [0.05, 0.1) is 10.5 Å². The van der Waals surface area contributed by atoms with Gasteiger partial charge in [-0.2, -0.15) is 0 Å². The van der Waals surface area contributed by atoms with E-state index in [0.717, 1.165) is 41.8 Å². The molecular formula is C15H17BrN6. The van der Waals surface area contributed by atoms with E-state index >= 15 is 0 Å². The highest BCUT2D eigenvalue weighted by atomic mass is 79.9. The van der Waals surface area contributed by atoms with Crippen LogP contribution in [0.2, 0.25) is 0 Å².